The maximum atomic E-state index is 13.7. The number of nitrogens with one attached hydrogen (secondary N) is 5. The predicted octanol–water partition coefficient (Wildman–Crippen LogP) is -0.114. The summed E-state index contributed by atoms with van der Waals surface area (Å²) in [5.74, 6) is -3.11. The molecule has 0 saturated carbocycles. The third-order valence-electron chi connectivity index (χ3n) is 9.97. The third kappa shape index (κ3) is 11.4. The Bertz CT molecular complexity index is 1910. The van der Waals surface area contributed by atoms with Crippen molar-refractivity contribution in [2.75, 3.05) is 33.4 Å². The minimum Gasteiger partial charge on any atom is -0.497 e. The number of aliphatic hydroxyl groups is 2. The molecular formula is C42H51N7O10. The molecular weight excluding hydrogens is 763 g/mol. The second kappa shape index (κ2) is 20.9. The maximum absolute atomic E-state index is 13.7. The molecule has 2 aliphatic heterocycles. The van der Waals surface area contributed by atoms with Crippen LogP contribution in [0.1, 0.15) is 42.4 Å². The Morgan fingerprint density at radius 3 is 2.14 bits per heavy atom. The number of carbonyl (C=O) groups is 5. The molecule has 2 fully saturated rings. The Balaban J connectivity index is 1.36. The Labute approximate surface area is 341 Å². The lowest BCUT2D eigenvalue weighted by atomic mass is 9.77. The lowest BCUT2D eigenvalue weighted by Crippen LogP contribution is -2.55. The summed E-state index contributed by atoms with van der Waals surface area (Å²) in [6, 6.07) is 24.3. The number of nitrogens with two attached hydrogens (primary N) is 1. The zero-order chi connectivity index (χ0) is 42.4. The standard InChI is InChI=1S/C42H51N7O10/c1-3-21-58-36(52)22-31-40(56)48-30(39(55)46-25-35(51)45-24-33-38(54)37(53)32(59-33)23-34(50)47-31)15-10-20-44-41(43)49-42(26-11-6-4-7-12-26,27-13-8-5-9-14-27)28-16-18-29(57-2)19-17-28/h3-9,11-14,16-19,30-33,37-38,53-54H,1,10,15,20-25H2,2H3,(H,45,51)(H,46,55)(H,47,50)(H,48,56)(H3,43,44,49)/t30-,31-,32-,33+,37-,38+/m0/s1. The van der Waals surface area contributed by atoms with Crippen molar-refractivity contribution in [2.45, 2.75) is 67.7 Å². The van der Waals surface area contributed by atoms with Gasteiger partial charge in [-0.05, 0) is 41.7 Å². The first-order chi connectivity index (χ1) is 28.4. The first kappa shape index (κ1) is 43.8. The van der Waals surface area contributed by atoms with Crippen molar-refractivity contribution in [2.24, 2.45) is 10.7 Å². The number of hydrogen-bond acceptors (Lipinski definition) is 11. The van der Waals surface area contributed by atoms with Crippen molar-refractivity contribution in [3.63, 3.8) is 0 Å². The Morgan fingerprint density at radius 2 is 1.51 bits per heavy atom. The van der Waals surface area contributed by atoms with E-state index < -0.39 is 91.0 Å². The highest BCUT2D eigenvalue weighted by atomic mass is 16.5. The van der Waals surface area contributed by atoms with Crippen LogP contribution in [-0.2, 0) is 39.0 Å². The van der Waals surface area contributed by atoms with E-state index in [9.17, 15) is 34.2 Å². The second-order valence-electron chi connectivity index (χ2n) is 14.0. The van der Waals surface area contributed by atoms with Gasteiger partial charge in [-0.15, -0.1) is 0 Å². The number of nitrogens with zero attached hydrogens (tertiary/aromatic N) is 1. The van der Waals surface area contributed by atoms with Crippen LogP contribution in [0.5, 0.6) is 5.75 Å². The van der Waals surface area contributed by atoms with E-state index in [0.29, 0.717) is 5.75 Å². The highest BCUT2D eigenvalue weighted by molar-refractivity contribution is 5.95. The van der Waals surface area contributed by atoms with Crippen LogP contribution in [0.4, 0.5) is 0 Å². The lowest BCUT2D eigenvalue weighted by Gasteiger charge is -2.37. The molecule has 3 aromatic rings. The van der Waals surface area contributed by atoms with Crippen molar-refractivity contribution < 1.29 is 48.4 Å². The van der Waals surface area contributed by atoms with Gasteiger partial charge >= 0.3 is 5.97 Å². The zero-order valence-electron chi connectivity index (χ0n) is 32.7. The SMILES string of the molecule is C=CCOC(=O)C[C@@H]1NC(=O)C[C@@H]2O[C@H](CNC(=O)CNC(=O)[C@H](CCCN=C(N)NC(c3ccccc3)(c3ccccc3)c3ccc(OC)cc3)NC1=O)[C@@H](O)[C@H]2O. The normalized spacial score (nSPS) is 23.2. The van der Waals surface area contributed by atoms with E-state index >= 15 is 0 Å². The molecule has 0 aromatic heterocycles. The molecule has 0 aliphatic carbocycles. The first-order valence-corrected chi connectivity index (χ1v) is 19.2. The van der Waals surface area contributed by atoms with Gasteiger partial charge < -0.3 is 56.7 Å². The van der Waals surface area contributed by atoms with Gasteiger partial charge in [-0.25, -0.2) is 0 Å². The number of aliphatic hydroxyl groups excluding tert-OH is 2. The molecule has 0 spiro atoms. The van der Waals surface area contributed by atoms with Crippen LogP contribution < -0.4 is 37.1 Å². The fraction of sp³-hybridized carbons (Fsp3) is 0.381. The van der Waals surface area contributed by atoms with E-state index in [1.165, 1.54) is 6.08 Å². The molecule has 6 atom stereocenters. The highest BCUT2D eigenvalue weighted by Gasteiger charge is 2.44. The topological polar surface area (TPSA) is 252 Å². The minimum absolute atomic E-state index is 0.00884. The molecule has 17 heteroatoms. The van der Waals surface area contributed by atoms with Crippen LogP contribution in [0.2, 0.25) is 0 Å². The van der Waals surface area contributed by atoms with Crippen molar-refractivity contribution in [1.29, 1.82) is 0 Å². The summed E-state index contributed by atoms with van der Waals surface area (Å²) in [7, 11) is 1.59. The van der Waals surface area contributed by atoms with Gasteiger partial charge in [0, 0.05) is 13.1 Å². The molecule has 2 bridgehead atoms. The largest absolute Gasteiger partial charge is 0.497 e. The average Bonchev–Trinajstić information content (AvgIpc) is 3.51. The molecule has 17 nitrogen and oxygen atoms in total. The molecule has 2 heterocycles. The number of guanidine groups is 1. The molecule has 0 radical (unpaired) electrons. The van der Waals surface area contributed by atoms with Gasteiger partial charge in [0.1, 0.15) is 48.3 Å². The summed E-state index contributed by atoms with van der Waals surface area (Å²) in [6.07, 6.45) is -4.67. The molecule has 5 rings (SSSR count). The van der Waals surface area contributed by atoms with E-state index in [4.69, 9.17) is 19.9 Å². The maximum Gasteiger partial charge on any atom is 0.308 e. The van der Waals surface area contributed by atoms with Crippen LogP contribution >= 0.6 is 0 Å². The number of aliphatic imine (C=N–C) groups is 1. The molecule has 0 unspecified atom stereocenters. The quantitative estimate of drug-likeness (QED) is 0.0281. The number of rotatable bonds is 13. The summed E-state index contributed by atoms with van der Waals surface area (Å²) in [5.41, 5.74) is 8.25. The fourth-order valence-electron chi connectivity index (χ4n) is 6.95. The molecule has 59 heavy (non-hydrogen) atoms. The molecule has 2 saturated heterocycles. The van der Waals surface area contributed by atoms with Gasteiger partial charge in [-0.3, -0.25) is 29.0 Å². The number of benzene rings is 3. The van der Waals surface area contributed by atoms with Gasteiger partial charge in [-0.1, -0.05) is 85.5 Å². The number of esters is 1. The Morgan fingerprint density at radius 1 is 0.881 bits per heavy atom. The summed E-state index contributed by atoms with van der Waals surface area (Å²) >= 11 is 0. The van der Waals surface area contributed by atoms with E-state index in [1.807, 2.05) is 84.9 Å². The zero-order valence-corrected chi connectivity index (χ0v) is 32.7. The highest BCUT2D eigenvalue weighted by Crippen LogP contribution is 2.37. The summed E-state index contributed by atoms with van der Waals surface area (Å²) in [6.45, 7) is 2.74. The van der Waals surface area contributed by atoms with Crippen LogP contribution in [-0.4, -0.2) is 116 Å². The monoisotopic (exact) mass is 813 g/mol. The Hall–Kier alpha value is -6.30. The minimum atomic E-state index is -1.51. The van der Waals surface area contributed by atoms with Crippen molar-refractivity contribution in [1.82, 2.24) is 26.6 Å². The number of amides is 4. The first-order valence-electron chi connectivity index (χ1n) is 19.2. The van der Waals surface area contributed by atoms with Crippen LogP contribution in [0.15, 0.2) is 103 Å². The van der Waals surface area contributed by atoms with E-state index in [1.54, 1.807) is 7.11 Å². The van der Waals surface area contributed by atoms with Crippen molar-refractivity contribution >= 4 is 35.6 Å². The Kier molecular flexibility index (Phi) is 15.5. The number of hydrogen-bond donors (Lipinski definition) is 8. The molecule has 4 amide bonds. The number of methoxy groups -OCH3 is 1. The summed E-state index contributed by atoms with van der Waals surface area (Å²) < 4.78 is 16.1. The van der Waals surface area contributed by atoms with E-state index in [-0.39, 0.29) is 38.5 Å². The average molecular weight is 814 g/mol. The van der Waals surface area contributed by atoms with E-state index in [2.05, 4.69) is 38.2 Å². The van der Waals surface area contributed by atoms with Gasteiger partial charge in [0.05, 0.1) is 32.6 Å². The van der Waals surface area contributed by atoms with Crippen LogP contribution in [0, 0.1) is 0 Å². The van der Waals surface area contributed by atoms with Gasteiger partial charge in [-0.2, -0.15) is 0 Å². The van der Waals surface area contributed by atoms with Gasteiger partial charge in [0.2, 0.25) is 23.6 Å². The molecule has 3 aromatic carbocycles. The fourth-order valence-corrected chi connectivity index (χ4v) is 6.95. The summed E-state index contributed by atoms with van der Waals surface area (Å²) in [5, 5.41) is 34.5. The van der Waals surface area contributed by atoms with Gasteiger partial charge in [0.15, 0.2) is 5.96 Å². The lowest BCUT2D eigenvalue weighted by molar-refractivity contribution is -0.145. The van der Waals surface area contributed by atoms with Crippen molar-refractivity contribution in [3.05, 3.63) is 114 Å². The molecule has 314 valence electrons. The number of fused-ring (bicyclic) bond motifs is 2. The van der Waals surface area contributed by atoms with Crippen molar-refractivity contribution in [3.8, 4) is 5.75 Å². The molecule has 2 aliphatic rings. The van der Waals surface area contributed by atoms with E-state index in [0.717, 1.165) is 16.7 Å². The number of ether oxygens (including phenoxy) is 3. The summed E-state index contributed by atoms with van der Waals surface area (Å²) in [4.78, 5) is 70.2. The molecule has 9 N–H and O–H groups in total. The third-order valence-corrected chi connectivity index (χ3v) is 9.97. The van der Waals surface area contributed by atoms with Gasteiger partial charge in [0.25, 0.3) is 0 Å². The second-order valence-corrected chi connectivity index (χ2v) is 14.0. The van der Waals surface area contributed by atoms with Crippen LogP contribution in [0.25, 0.3) is 0 Å². The van der Waals surface area contributed by atoms with Crippen LogP contribution in [0.3, 0.4) is 0 Å². The number of carbonyl (C=O) groups excluding carboxylic acids is 5. The smallest absolute Gasteiger partial charge is 0.308 e. The predicted molar refractivity (Wildman–Crippen MR) is 216 cm³/mol.